The van der Waals surface area contributed by atoms with Gasteiger partial charge < -0.3 is 10.2 Å². The topological polar surface area (TPSA) is 83.4 Å². The normalized spacial score (nSPS) is 14.5. The maximum atomic E-state index is 13.6. The van der Waals surface area contributed by atoms with E-state index in [1.807, 2.05) is 55.3 Å². The number of hydrogen-bond donors (Lipinski definition) is 1. The third-order valence-corrected chi connectivity index (χ3v) is 5.74. The Bertz CT molecular complexity index is 1150. The molecule has 32 heavy (non-hydrogen) atoms. The zero-order valence-electron chi connectivity index (χ0n) is 18.5. The molecule has 0 aliphatic carbocycles. The average Bonchev–Trinajstić information content (AvgIpc) is 3.11. The van der Waals surface area contributed by atoms with Crippen molar-refractivity contribution in [1.29, 1.82) is 0 Å². The SMILES string of the molecule is C=CCNC(=O)CN1CCN(C(=O)c2cc(-c3ccccc3)nc3c2c(C)nn3C)CC1. The highest BCUT2D eigenvalue weighted by atomic mass is 16.2. The number of nitrogens with zero attached hydrogens (tertiary/aromatic N) is 5. The number of fused-ring (bicyclic) bond motifs is 1. The zero-order valence-corrected chi connectivity index (χ0v) is 18.5. The quantitative estimate of drug-likeness (QED) is 0.603. The molecule has 1 aliphatic rings. The van der Waals surface area contributed by atoms with Crippen LogP contribution in [0.25, 0.3) is 22.3 Å². The van der Waals surface area contributed by atoms with E-state index < -0.39 is 0 Å². The van der Waals surface area contributed by atoms with Gasteiger partial charge in [0.25, 0.3) is 5.91 Å². The fourth-order valence-corrected chi connectivity index (χ4v) is 4.09. The summed E-state index contributed by atoms with van der Waals surface area (Å²) in [7, 11) is 1.85. The predicted octanol–water partition coefficient (Wildman–Crippen LogP) is 2.00. The van der Waals surface area contributed by atoms with Crippen LogP contribution in [0.3, 0.4) is 0 Å². The third kappa shape index (κ3) is 4.40. The molecule has 3 heterocycles. The number of rotatable bonds is 6. The van der Waals surface area contributed by atoms with Gasteiger partial charge in [0.15, 0.2) is 5.65 Å². The number of aromatic nitrogens is 3. The summed E-state index contributed by atoms with van der Waals surface area (Å²) >= 11 is 0. The molecule has 0 bridgehead atoms. The van der Waals surface area contributed by atoms with Crippen LogP contribution >= 0.6 is 0 Å². The molecule has 2 aromatic heterocycles. The third-order valence-electron chi connectivity index (χ3n) is 5.74. The van der Waals surface area contributed by atoms with Crippen molar-refractivity contribution < 1.29 is 9.59 Å². The van der Waals surface area contributed by atoms with E-state index in [0.29, 0.717) is 50.5 Å². The van der Waals surface area contributed by atoms with Gasteiger partial charge in [0.2, 0.25) is 5.91 Å². The van der Waals surface area contributed by atoms with Crippen molar-refractivity contribution in [3.8, 4) is 11.3 Å². The minimum absolute atomic E-state index is 0.0264. The first kappa shape index (κ1) is 21.7. The number of aryl methyl sites for hydroxylation is 2. The molecule has 4 rings (SSSR count). The van der Waals surface area contributed by atoms with E-state index in [9.17, 15) is 9.59 Å². The van der Waals surface area contributed by atoms with Gasteiger partial charge >= 0.3 is 0 Å². The van der Waals surface area contributed by atoms with Crippen LogP contribution in [0.1, 0.15) is 16.1 Å². The summed E-state index contributed by atoms with van der Waals surface area (Å²) in [5.41, 5.74) is 3.82. The van der Waals surface area contributed by atoms with Gasteiger partial charge in [0, 0.05) is 45.3 Å². The summed E-state index contributed by atoms with van der Waals surface area (Å²) in [5.74, 6) is -0.0551. The molecule has 1 aliphatic heterocycles. The van der Waals surface area contributed by atoms with E-state index in [4.69, 9.17) is 4.98 Å². The molecule has 0 saturated carbocycles. The van der Waals surface area contributed by atoms with E-state index in [2.05, 4.69) is 21.9 Å². The van der Waals surface area contributed by atoms with Gasteiger partial charge in [-0.15, -0.1) is 6.58 Å². The summed E-state index contributed by atoms with van der Waals surface area (Å²) in [6.07, 6.45) is 1.66. The summed E-state index contributed by atoms with van der Waals surface area (Å²) in [4.78, 5) is 34.3. The molecule has 1 aromatic carbocycles. The van der Waals surface area contributed by atoms with Gasteiger partial charge in [-0.25, -0.2) is 4.98 Å². The van der Waals surface area contributed by atoms with Crippen molar-refractivity contribution in [2.75, 3.05) is 39.3 Å². The van der Waals surface area contributed by atoms with Gasteiger partial charge in [-0.3, -0.25) is 19.2 Å². The summed E-state index contributed by atoms with van der Waals surface area (Å²) < 4.78 is 1.73. The van der Waals surface area contributed by atoms with Crippen molar-refractivity contribution in [2.45, 2.75) is 6.92 Å². The number of benzene rings is 1. The minimum atomic E-state index is -0.0287. The zero-order chi connectivity index (χ0) is 22.7. The fourth-order valence-electron chi connectivity index (χ4n) is 4.09. The number of pyridine rings is 1. The molecule has 0 atom stereocenters. The first-order valence-electron chi connectivity index (χ1n) is 10.8. The van der Waals surface area contributed by atoms with Crippen LogP contribution in [0.5, 0.6) is 0 Å². The second-order valence-electron chi connectivity index (χ2n) is 7.99. The standard InChI is InChI=1S/C24H28N6O2/c1-4-10-25-21(31)16-29-11-13-30(14-12-29)24(32)19-15-20(18-8-6-5-7-9-18)26-23-22(19)17(2)27-28(23)3/h4-9,15H,1,10-14,16H2,2-3H3,(H,25,31). The Morgan fingerprint density at radius 2 is 1.88 bits per heavy atom. The molecule has 3 aromatic rings. The largest absolute Gasteiger partial charge is 0.352 e. The summed E-state index contributed by atoms with van der Waals surface area (Å²) in [6.45, 7) is 8.74. The predicted molar refractivity (Wildman–Crippen MR) is 124 cm³/mol. The Morgan fingerprint density at radius 1 is 1.16 bits per heavy atom. The Kier molecular flexibility index (Phi) is 6.32. The van der Waals surface area contributed by atoms with Crippen LogP contribution in [0.15, 0.2) is 49.1 Å². The Balaban J connectivity index is 1.57. The highest BCUT2D eigenvalue weighted by Gasteiger charge is 2.27. The smallest absolute Gasteiger partial charge is 0.254 e. The molecule has 0 radical (unpaired) electrons. The number of amides is 2. The summed E-state index contributed by atoms with van der Waals surface area (Å²) in [6, 6.07) is 11.7. The molecule has 1 N–H and O–H groups in total. The molecule has 0 spiro atoms. The van der Waals surface area contributed by atoms with E-state index in [0.717, 1.165) is 22.3 Å². The lowest BCUT2D eigenvalue weighted by Crippen LogP contribution is -2.51. The fraction of sp³-hybridized carbons (Fsp3) is 0.333. The number of piperazine rings is 1. The van der Waals surface area contributed by atoms with Gasteiger partial charge in [0.05, 0.1) is 28.9 Å². The Labute approximate surface area is 187 Å². The van der Waals surface area contributed by atoms with Crippen LogP contribution in [-0.4, -0.2) is 75.6 Å². The van der Waals surface area contributed by atoms with Crippen LogP contribution in [-0.2, 0) is 11.8 Å². The van der Waals surface area contributed by atoms with Crippen molar-refractivity contribution in [1.82, 2.24) is 29.9 Å². The lowest BCUT2D eigenvalue weighted by Gasteiger charge is -2.34. The van der Waals surface area contributed by atoms with Gasteiger partial charge in [-0.1, -0.05) is 36.4 Å². The number of hydrogen-bond acceptors (Lipinski definition) is 5. The molecule has 1 saturated heterocycles. The molecule has 2 amide bonds. The molecular weight excluding hydrogens is 404 g/mol. The van der Waals surface area contributed by atoms with Crippen molar-refractivity contribution in [2.24, 2.45) is 7.05 Å². The number of nitrogens with one attached hydrogen (secondary N) is 1. The minimum Gasteiger partial charge on any atom is -0.352 e. The van der Waals surface area contributed by atoms with Crippen LogP contribution in [0.2, 0.25) is 0 Å². The lowest BCUT2D eigenvalue weighted by atomic mass is 10.0. The van der Waals surface area contributed by atoms with Crippen molar-refractivity contribution in [3.05, 3.63) is 60.3 Å². The lowest BCUT2D eigenvalue weighted by molar-refractivity contribution is -0.122. The second-order valence-corrected chi connectivity index (χ2v) is 7.99. The highest BCUT2D eigenvalue weighted by Crippen LogP contribution is 2.28. The van der Waals surface area contributed by atoms with E-state index in [1.165, 1.54) is 0 Å². The first-order chi connectivity index (χ1) is 15.5. The van der Waals surface area contributed by atoms with Crippen LogP contribution < -0.4 is 5.32 Å². The molecular formula is C24H28N6O2. The van der Waals surface area contributed by atoms with Crippen LogP contribution in [0.4, 0.5) is 0 Å². The summed E-state index contributed by atoms with van der Waals surface area (Å²) in [5, 5.41) is 8.10. The number of carbonyl (C=O) groups excluding carboxylic acids is 2. The Hall–Kier alpha value is -3.52. The van der Waals surface area contributed by atoms with Gasteiger partial charge in [0.1, 0.15) is 0 Å². The maximum absolute atomic E-state index is 13.6. The average molecular weight is 433 g/mol. The molecule has 8 nitrogen and oxygen atoms in total. The van der Waals surface area contributed by atoms with E-state index in [1.54, 1.807) is 10.8 Å². The number of carbonyl (C=O) groups is 2. The van der Waals surface area contributed by atoms with Gasteiger partial charge in [-0.05, 0) is 13.0 Å². The molecule has 1 fully saturated rings. The maximum Gasteiger partial charge on any atom is 0.254 e. The van der Waals surface area contributed by atoms with Crippen molar-refractivity contribution >= 4 is 22.8 Å². The molecule has 0 unspecified atom stereocenters. The highest BCUT2D eigenvalue weighted by molar-refractivity contribution is 6.07. The monoisotopic (exact) mass is 432 g/mol. The van der Waals surface area contributed by atoms with E-state index >= 15 is 0 Å². The molecule has 8 heteroatoms. The van der Waals surface area contributed by atoms with Crippen molar-refractivity contribution in [3.63, 3.8) is 0 Å². The molecule has 166 valence electrons. The van der Waals surface area contributed by atoms with Gasteiger partial charge in [-0.2, -0.15) is 5.10 Å². The first-order valence-corrected chi connectivity index (χ1v) is 10.8. The van der Waals surface area contributed by atoms with E-state index in [-0.39, 0.29) is 11.8 Å². The van der Waals surface area contributed by atoms with Crippen LogP contribution in [0, 0.1) is 6.92 Å². The second kappa shape index (κ2) is 9.32. The Morgan fingerprint density at radius 3 is 2.56 bits per heavy atom.